The maximum Gasteiger partial charge on any atom is 0.344 e. The van der Waals surface area contributed by atoms with Crippen molar-refractivity contribution in [3.05, 3.63) is 63.7 Å². The standard InChI is InChI=1S/C21H21ClO4/c1-14-6-9-18(22)20(10-14)25-13-21(24)26-12-19(23)17-8-7-15-4-2-3-5-16(15)11-17/h6-11H,2-5,12-13H2,1H3. The Morgan fingerprint density at radius 3 is 2.58 bits per heavy atom. The molecule has 0 atom stereocenters. The lowest BCUT2D eigenvalue weighted by Gasteiger charge is -2.16. The summed E-state index contributed by atoms with van der Waals surface area (Å²) in [6, 6.07) is 11.0. The van der Waals surface area contributed by atoms with Crippen LogP contribution >= 0.6 is 11.6 Å². The van der Waals surface area contributed by atoms with Crippen LogP contribution in [0, 0.1) is 6.92 Å². The number of benzene rings is 2. The van der Waals surface area contributed by atoms with E-state index in [9.17, 15) is 9.59 Å². The number of aryl methyl sites for hydroxylation is 3. The van der Waals surface area contributed by atoms with Crippen LogP contribution in [0.25, 0.3) is 0 Å². The van der Waals surface area contributed by atoms with Gasteiger partial charge in [0.1, 0.15) is 5.75 Å². The van der Waals surface area contributed by atoms with Gasteiger partial charge in [-0.05, 0) is 67.5 Å². The third-order valence-electron chi connectivity index (χ3n) is 4.47. The first-order valence-corrected chi connectivity index (χ1v) is 9.10. The highest BCUT2D eigenvalue weighted by Crippen LogP contribution is 2.25. The predicted octanol–water partition coefficient (Wildman–Crippen LogP) is 4.33. The van der Waals surface area contributed by atoms with E-state index in [1.165, 1.54) is 17.5 Å². The number of Topliss-reactive ketones (excluding diaryl/α,β-unsaturated/α-hetero) is 1. The van der Waals surface area contributed by atoms with Crippen LogP contribution in [0.5, 0.6) is 5.75 Å². The van der Waals surface area contributed by atoms with E-state index in [2.05, 4.69) is 0 Å². The lowest BCUT2D eigenvalue weighted by Crippen LogP contribution is -2.20. The molecule has 0 fully saturated rings. The zero-order chi connectivity index (χ0) is 18.5. The summed E-state index contributed by atoms with van der Waals surface area (Å²) in [5, 5.41) is 0.425. The number of ketones is 1. The van der Waals surface area contributed by atoms with Crippen molar-refractivity contribution in [1.29, 1.82) is 0 Å². The highest BCUT2D eigenvalue weighted by atomic mass is 35.5. The van der Waals surface area contributed by atoms with Gasteiger partial charge in [-0.25, -0.2) is 4.79 Å². The monoisotopic (exact) mass is 372 g/mol. The van der Waals surface area contributed by atoms with E-state index in [1.807, 2.05) is 31.2 Å². The minimum atomic E-state index is -0.603. The number of rotatable bonds is 6. The highest BCUT2D eigenvalue weighted by Gasteiger charge is 2.15. The zero-order valence-corrected chi connectivity index (χ0v) is 15.5. The number of hydrogen-bond donors (Lipinski definition) is 0. The smallest absolute Gasteiger partial charge is 0.344 e. The van der Waals surface area contributed by atoms with Gasteiger partial charge in [0.05, 0.1) is 5.02 Å². The minimum Gasteiger partial charge on any atom is -0.480 e. The first-order chi connectivity index (χ1) is 12.5. The maximum absolute atomic E-state index is 12.3. The second-order valence-corrected chi connectivity index (χ2v) is 6.90. The lowest BCUT2D eigenvalue weighted by atomic mass is 9.90. The van der Waals surface area contributed by atoms with Gasteiger partial charge in [0.25, 0.3) is 0 Å². The summed E-state index contributed by atoms with van der Waals surface area (Å²) in [6.07, 6.45) is 4.42. The molecule has 0 spiro atoms. The molecule has 3 rings (SSSR count). The molecule has 0 aromatic heterocycles. The van der Waals surface area contributed by atoms with Crippen LogP contribution in [0.15, 0.2) is 36.4 Å². The number of carbonyl (C=O) groups excluding carboxylic acids is 2. The molecule has 0 heterocycles. The molecule has 4 nitrogen and oxygen atoms in total. The average Bonchev–Trinajstić information content (AvgIpc) is 2.66. The summed E-state index contributed by atoms with van der Waals surface area (Å²) in [5.74, 6) is -0.390. The fraction of sp³-hybridized carbons (Fsp3) is 0.333. The molecule has 0 radical (unpaired) electrons. The van der Waals surface area contributed by atoms with Crippen molar-refractivity contribution in [3.63, 3.8) is 0 Å². The van der Waals surface area contributed by atoms with Gasteiger partial charge in [-0.15, -0.1) is 0 Å². The van der Waals surface area contributed by atoms with E-state index >= 15 is 0 Å². The second-order valence-electron chi connectivity index (χ2n) is 6.50. The highest BCUT2D eigenvalue weighted by molar-refractivity contribution is 6.32. The van der Waals surface area contributed by atoms with E-state index in [1.54, 1.807) is 12.1 Å². The number of esters is 1. The Morgan fingerprint density at radius 2 is 1.77 bits per heavy atom. The van der Waals surface area contributed by atoms with Crippen LogP contribution in [-0.2, 0) is 22.4 Å². The number of halogens is 1. The number of ether oxygens (including phenoxy) is 2. The van der Waals surface area contributed by atoms with Crippen molar-refractivity contribution in [2.24, 2.45) is 0 Å². The number of hydrogen-bond acceptors (Lipinski definition) is 4. The fourth-order valence-electron chi connectivity index (χ4n) is 3.04. The molecule has 1 aliphatic carbocycles. The van der Waals surface area contributed by atoms with E-state index < -0.39 is 5.97 Å². The molecule has 2 aromatic rings. The van der Waals surface area contributed by atoms with Crippen LogP contribution in [0.1, 0.15) is 39.9 Å². The Hall–Kier alpha value is -2.33. The van der Waals surface area contributed by atoms with Gasteiger partial charge in [0, 0.05) is 5.56 Å². The van der Waals surface area contributed by atoms with Crippen LogP contribution in [0.2, 0.25) is 5.02 Å². The Morgan fingerprint density at radius 1 is 1.00 bits per heavy atom. The molecule has 0 saturated heterocycles. The summed E-state index contributed by atoms with van der Waals surface area (Å²) in [4.78, 5) is 24.1. The topological polar surface area (TPSA) is 52.6 Å². The van der Waals surface area contributed by atoms with Gasteiger partial charge >= 0.3 is 5.97 Å². The molecule has 0 N–H and O–H groups in total. The van der Waals surface area contributed by atoms with Gasteiger partial charge in [-0.3, -0.25) is 4.79 Å². The first kappa shape index (κ1) is 18.5. The molecule has 0 amide bonds. The molecule has 136 valence electrons. The minimum absolute atomic E-state index is 0.208. The molecule has 0 saturated carbocycles. The molecule has 0 unspecified atom stereocenters. The van der Waals surface area contributed by atoms with Crippen molar-refractivity contribution in [3.8, 4) is 5.75 Å². The Kier molecular flexibility index (Phi) is 5.94. The predicted molar refractivity (Wildman–Crippen MR) is 100 cm³/mol. The van der Waals surface area contributed by atoms with E-state index in [0.717, 1.165) is 24.8 Å². The summed E-state index contributed by atoms with van der Waals surface area (Å²) >= 11 is 6.01. The van der Waals surface area contributed by atoms with Crippen molar-refractivity contribution < 1.29 is 19.1 Å². The average molecular weight is 373 g/mol. The molecular formula is C21H21ClO4. The van der Waals surface area contributed by atoms with E-state index in [-0.39, 0.29) is 19.0 Å². The van der Waals surface area contributed by atoms with Crippen molar-refractivity contribution in [2.75, 3.05) is 13.2 Å². The summed E-state index contributed by atoms with van der Waals surface area (Å²) < 4.78 is 10.4. The molecular weight excluding hydrogens is 352 g/mol. The molecule has 2 aromatic carbocycles. The van der Waals surface area contributed by atoms with Crippen molar-refractivity contribution >= 4 is 23.4 Å². The molecule has 0 aliphatic heterocycles. The summed E-state index contributed by atoms with van der Waals surface area (Å²) in [7, 11) is 0. The third kappa shape index (κ3) is 4.64. The molecule has 0 bridgehead atoms. The van der Waals surface area contributed by atoms with Crippen LogP contribution in [0.4, 0.5) is 0 Å². The van der Waals surface area contributed by atoms with Crippen LogP contribution in [0.3, 0.4) is 0 Å². The largest absolute Gasteiger partial charge is 0.480 e. The zero-order valence-electron chi connectivity index (χ0n) is 14.7. The quantitative estimate of drug-likeness (QED) is 0.559. The van der Waals surface area contributed by atoms with Gasteiger partial charge in [0.15, 0.2) is 19.0 Å². The maximum atomic E-state index is 12.3. The van der Waals surface area contributed by atoms with Crippen LogP contribution in [-0.4, -0.2) is 25.0 Å². The van der Waals surface area contributed by atoms with E-state index in [0.29, 0.717) is 16.3 Å². The van der Waals surface area contributed by atoms with Gasteiger partial charge in [0.2, 0.25) is 0 Å². The number of fused-ring (bicyclic) bond motifs is 1. The molecule has 26 heavy (non-hydrogen) atoms. The Bertz CT molecular complexity index is 829. The molecule has 1 aliphatic rings. The molecule has 5 heteroatoms. The van der Waals surface area contributed by atoms with Gasteiger partial charge in [-0.2, -0.15) is 0 Å². The lowest BCUT2D eigenvalue weighted by molar-refractivity contribution is -0.144. The van der Waals surface area contributed by atoms with Gasteiger partial charge < -0.3 is 9.47 Å². The van der Waals surface area contributed by atoms with Crippen molar-refractivity contribution in [1.82, 2.24) is 0 Å². The Balaban J connectivity index is 1.51. The first-order valence-electron chi connectivity index (χ1n) is 8.72. The fourth-order valence-corrected chi connectivity index (χ4v) is 3.21. The van der Waals surface area contributed by atoms with E-state index in [4.69, 9.17) is 21.1 Å². The third-order valence-corrected chi connectivity index (χ3v) is 4.78. The Labute approximate surface area is 158 Å². The SMILES string of the molecule is Cc1ccc(Cl)c(OCC(=O)OCC(=O)c2ccc3c(c2)CCCC3)c1. The van der Waals surface area contributed by atoms with Gasteiger partial charge in [-0.1, -0.05) is 29.8 Å². The summed E-state index contributed by atoms with van der Waals surface area (Å²) in [6.45, 7) is 1.32. The van der Waals surface area contributed by atoms with Crippen LogP contribution < -0.4 is 4.74 Å². The number of carbonyl (C=O) groups is 2. The second kappa shape index (κ2) is 8.37. The van der Waals surface area contributed by atoms with Crippen molar-refractivity contribution in [2.45, 2.75) is 32.6 Å². The normalized spacial score (nSPS) is 13.0. The summed E-state index contributed by atoms with van der Waals surface area (Å²) in [5.41, 5.74) is 4.10.